The molecule has 7 heteroatoms. The Bertz CT molecular complexity index is 534. The standard InChI is InChI=1S/C13H21N5O2/c1-9-2-4-17(5-3-9)10-6-12(19)18(16-7-10)8-11(14)13(15)20/h6-7,9,11H,2-5,8,14H2,1H3,(H2,15,20). The Morgan fingerprint density at radius 2 is 2.15 bits per heavy atom. The van der Waals surface area contributed by atoms with Gasteiger partial charge >= 0.3 is 0 Å². The van der Waals surface area contributed by atoms with Crippen molar-refractivity contribution < 1.29 is 4.79 Å². The molecule has 20 heavy (non-hydrogen) atoms. The van der Waals surface area contributed by atoms with Crippen LogP contribution < -0.4 is 21.9 Å². The average molecular weight is 279 g/mol. The van der Waals surface area contributed by atoms with Gasteiger partial charge in [0.2, 0.25) is 5.91 Å². The largest absolute Gasteiger partial charge is 0.370 e. The molecular weight excluding hydrogens is 258 g/mol. The molecule has 1 unspecified atom stereocenters. The Labute approximate surface area is 117 Å². The van der Waals surface area contributed by atoms with E-state index in [-0.39, 0.29) is 12.1 Å². The van der Waals surface area contributed by atoms with Gasteiger partial charge in [-0.1, -0.05) is 6.92 Å². The molecule has 0 aliphatic carbocycles. The fourth-order valence-electron chi connectivity index (χ4n) is 2.28. The maximum Gasteiger partial charge on any atom is 0.268 e. The van der Waals surface area contributed by atoms with Gasteiger partial charge in [-0.3, -0.25) is 9.59 Å². The van der Waals surface area contributed by atoms with Gasteiger partial charge in [-0.25, -0.2) is 4.68 Å². The van der Waals surface area contributed by atoms with Crippen LogP contribution in [0.25, 0.3) is 0 Å². The van der Waals surface area contributed by atoms with Gasteiger partial charge in [0.1, 0.15) is 6.04 Å². The number of primary amides is 1. The second-order valence-electron chi connectivity index (χ2n) is 5.41. The lowest BCUT2D eigenvalue weighted by molar-refractivity contribution is -0.119. The summed E-state index contributed by atoms with van der Waals surface area (Å²) in [5.41, 5.74) is 11.2. The number of amides is 1. The monoisotopic (exact) mass is 279 g/mol. The maximum atomic E-state index is 12.0. The maximum absolute atomic E-state index is 12.0. The van der Waals surface area contributed by atoms with Crippen LogP contribution in [0.2, 0.25) is 0 Å². The fraction of sp³-hybridized carbons (Fsp3) is 0.615. The molecule has 1 aromatic rings. The Morgan fingerprint density at radius 1 is 1.50 bits per heavy atom. The Balaban J connectivity index is 2.10. The lowest BCUT2D eigenvalue weighted by atomic mass is 9.99. The summed E-state index contributed by atoms with van der Waals surface area (Å²) in [4.78, 5) is 25.0. The first-order chi connectivity index (χ1) is 9.47. The van der Waals surface area contributed by atoms with Crippen molar-refractivity contribution in [2.24, 2.45) is 17.4 Å². The molecule has 1 fully saturated rings. The third-order valence-electron chi connectivity index (χ3n) is 3.74. The summed E-state index contributed by atoms with van der Waals surface area (Å²) < 4.78 is 1.17. The van der Waals surface area contributed by atoms with E-state index < -0.39 is 11.9 Å². The molecule has 1 aliphatic heterocycles. The molecule has 0 aromatic carbocycles. The van der Waals surface area contributed by atoms with Crippen LogP contribution in [-0.4, -0.2) is 34.8 Å². The Kier molecular flexibility index (Phi) is 4.39. The zero-order valence-corrected chi connectivity index (χ0v) is 11.7. The predicted molar refractivity (Wildman–Crippen MR) is 76.3 cm³/mol. The quantitative estimate of drug-likeness (QED) is 0.757. The number of carbonyl (C=O) groups excluding carboxylic acids is 1. The molecule has 1 saturated heterocycles. The van der Waals surface area contributed by atoms with E-state index >= 15 is 0 Å². The molecule has 1 atom stereocenters. The molecule has 0 saturated carbocycles. The minimum Gasteiger partial charge on any atom is -0.370 e. The summed E-state index contributed by atoms with van der Waals surface area (Å²) in [5, 5.41) is 4.07. The highest BCUT2D eigenvalue weighted by atomic mass is 16.1. The highest BCUT2D eigenvalue weighted by Crippen LogP contribution is 2.20. The number of nitrogens with zero attached hydrogens (tertiary/aromatic N) is 3. The van der Waals surface area contributed by atoms with Gasteiger partial charge in [-0.05, 0) is 18.8 Å². The van der Waals surface area contributed by atoms with E-state index in [2.05, 4.69) is 16.9 Å². The van der Waals surface area contributed by atoms with E-state index in [0.717, 1.165) is 37.5 Å². The second-order valence-corrected chi connectivity index (χ2v) is 5.41. The molecule has 0 radical (unpaired) electrons. The highest BCUT2D eigenvalue weighted by molar-refractivity contribution is 5.79. The van der Waals surface area contributed by atoms with Crippen LogP contribution in [0.5, 0.6) is 0 Å². The SMILES string of the molecule is CC1CCN(c2cnn(CC(N)C(N)=O)c(=O)c2)CC1. The van der Waals surface area contributed by atoms with Crippen molar-refractivity contribution in [1.82, 2.24) is 9.78 Å². The number of anilines is 1. The Hall–Kier alpha value is -1.89. The Morgan fingerprint density at radius 3 is 2.70 bits per heavy atom. The van der Waals surface area contributed by atoms with Gasteiger partial charge in [0, 0.05) is 19.2 Å². The molecule has 2 rings (SSSR count). The van der Waals surface area contributed by atoms with Crippen LogP contribution in [-0.2, 0) is 11.3 Å². The first-order valence-corrected chi connectivity index (χ1v) is 6.84. The summed E-state index contributed by atoms with van der Waals surface area (Å²) in [7, 11) is 0. The molecule has 110 valence electrons. The number of piperidine rings is 1. The van der Waals surface area contributed by atoms with E-state index in [1.54, 1.807) is 6.20 Å². The first-order valence-electron chi connectivity index (χ1n) is 6.84. The topological polar surface area (TPSA) is 107 Å². The molecule has 7 nitrogen and oxygen atoms in total. The van der Waals surface area contributed by atoms with Crippen LogP contribution in [0, 0.1) is 5.92 Å². The molecule has 4 N–H and O–H groups in total. The van der Waals surface area contributed by atoms with Crippen LogP contribution in [0.15, 0.2) is 17.1 Å². The van der Waals surface area contributed by atoms with Gasteiger partial charge in [-0.15, -0.1) is 0 Å². The minimum absolute atomic E-state index is 0.00544. The van der Waals surface area contributed by atoms with E-state index in [0.29, 0.717) is 0 Å². The van der Waals surface area contributed by atoms with Crippen molar-refractivity contribution >= 4 is 11.6 Å². The summed E-state index contributed by atoms with van der Waals surface area (Å²) >= 11 is 0. The van der Waals surface area contributed by atoms with Crippen molar-refractivity contribution in [2.75, 3.05) is 18.0 Å². The number of hydrogen-bond acceptors (Lipinski definition) is 5. The predicted octanol–water partition coefficient (Wildman–Crippen LogP) is -0.708. The summed E-state index contributed by atoms with van der Waals surface area (Å²) in [6.45, 7) is 4.12. The molecule has 0 spiro atoms. The summed E-state index contributed by atoms with van der Waals surface area (Å²) in [6, 6.07) is 0.637. The third kappa shape index (κ3) is 3.36. The molecule has 1 aliphatic rings. The van der Waals surface area contributed by atoms with Crippen molar-refractivity contribution in [3.05, 3.63) is 22.6 Å². The van der Waals surface area contributed by atoms with Crippen molar-refractivity contribution in [3.63, 3.8) is 0 Å². The van der Waals surface area contributed by atoms with Crippen molar-refractivity contribution in [1.29, 1.82) is 0 Å². The molecule has 2 heterocycles. The van der Waals surface area contributed by atoms with Crippen molar-refractivity contribution in [2.45, 2.75) is 32.4 Å². The number of hydrogen-bond donors (Lipinski definition) is 2. The van der Waals surface area contributed by atoms with E-state index in [9.17, 15) is 9.59 Å². The highest BCUT2D eigenvalue weighted by Gasteiger charge is 2.17. The van der Waals surface area contributed by atoms with Gasteiger partial charge in [0.25, 0.3) is 5.56 Å². The fourth-order valence-corrected chi connectivity index (χ4v) is 2.28. The zero-order valence-electron chi connectivity index (χ0n) is 11.7. The normalized spacial score (nSPS) is 18.0. The number of carbonyl (C=O) groups is 1. The van der Waals surface area contributed by atoms with Crippen LogP contribution in [0.4, 0.5) is 5.69 Å². The molecular formula is C13H21N5O2. The van der Waals surface area contributed by atoms with Gasteiger partial charge in [-0.2, -0.15) is 5.10 Å². The van der Waals surface area contributed by atoms with Crippen LogP contribution in [0.3, 0.4) is 0 Å². The van der Waals surface area contributed by atoms with Crippen LogP contribution >= 0.6 is 0 Å². The molecule has 0 bridgehead atoms. The summed E-state index contributed by atoms with van der Waals surface area (Å²) in [5.74, 6) is 0.0842. The lowest BCUT2D eigenvalue weighted by Gasteiger charge is -2.31. The first kappa shape index (κ1) is 14.5. The number of rotatable bonds is 4. The van der Waals surface area contributed by atoms with Gasteiger partial charge in [0.15, 0.2) is 0 Å². The average Bonchev–Trinajstić information content (AvgIpc) is 2.41. The smallest absolute Gasteiger partial charge is 0.268 e. The lowest BCUT2D eigenvalue weighted by Crippen LogP contribution is -2.43. The zero-order chi connectivity index (χ0) is 14.7. The molecule has 1 aromatic heterocycles. The second kappa shape index (κ2) is 6.04. The van der Waals surface area contributed by atoms with Crippen molar-refractivity contribution in [3.8, 4) is 0 Å². The van der Waals surface area contributed by atoms with Gasteiger partial charge in [0.05, 0.1) is 18.4 Å². The van der Waals surface area contributed by atoms with Crippen LogP contribution in [0.1, 0.15) is 19.8 Å². The van der Waals surface area contributed by atoms with Gasteiger partial charge < -0.3 is 16.4 Å². The summed E-state index contributed by atoms with van der Waals surface area (Å²) in [6.07, 6.45) is 3.89. The van der Waals surface area contributed by atoms with E-state index in [4.69, 9.17) is 11.5 Å². The minimum atomic E-state index is -0.901. The van der Waals surface area contributed by atoms with E-state index in [1.165, 1.54) is 10.7 Å². The third-order valence-corrected chi connectivity index (χ3v) is 3.74. The number of nitrogens with two attached hydrogens (primary N) is 2. The molecule has 1 amide bonds. The number of aromatic nitrogens is 2. The van der Waals surface area contributed by atoms with E-state index in [1.807, 2.05) is 0 Å².